The smallest absolute Gasteiger partial charge is 0.228 e. The molecule has 132 valence electrons. The van der Waals surface area contributed by atoms with Gasteiger partial charge in [0.1, 0.15) is 0 Å². The van der Waals surface area contributed by atoms with Gasteiger partial charge in [0.25, 0.3) is 0 Å². The van der Waals surface area contributed by atoms with E-state index in [2.05, 4.69) is 51.2 Å². The molecule has 0 aliphatic heterocycles. The summed E-state index contributed by atoms with van der Waals surface area (Å²) in [7, 11) is -1.71. The molecule has 1 aromatic heterocycles. The number of anilines is 1. The number of carbonyl (C=O) groups excluding carboxylic acids is 1. The average molecular weight is 340 g/mol. The summed E-state index contributed by atoms with van der Waals surface area (Å²) in [6.45, 7) is 16.6. The molecule has 6 heteroatoms. The van der Waals surface area contributed by atoms with Gasteiger partial charge in [-0.3, -0.25) is 9.48 Å². The van der Waals surface area contributed by atoms with Gasteiger partial charge in [0, 0.05) is 18.2 Å². The van der Waals surface area contributed by atoms with E-state index in [-0.39, 0.29) is 16.9 Å². The van der Waals surface area contributed by atoms with E-state index >= 15 is 0 Å². The number of nitrogens with one attached hydrogen (secondary N) is 1. The molecule has 1 amide bonds. The number of carbonyl (C=O) groups is 1. The number of amides is 1. The van der Waals surface area contributed by atoms with Crippen LogP contribution >= 0.6 is 0 Å². The van der Waals surface area contributed by atoms with Crippen molar-refractivity contribution in [3.63, 3.8) is 0 Å². The van der Waals surface area contributed by atoms with E-state index in [4.69, 9.17) is 4.43 Å². The molecule has 0 bridgehead atoms. The number of hydrogen-bond acceptors (Lipinski definition) is 3. The molecule has 0 fully saturated rings. The summed E-state index contributed by atoms with van der Waals surface area (Å²) in [5, 5.41) is 7.48. The van der Waals surface area contributed by atoms with Crippen LogP contribution in [-0.2, 0) is 15.8 Å². The Kier molecular flexibility index (Phi) is 7.01. The third-order valence-corrected chi connectivity index (χ3v) is 9.19. The van der Waals surface area contributed by atoms with Crippen LogP contribution in [0, 0.1) is 5.92 Å². The van der Waals surface area contributed by atoms with Gasteiger partial charge in [-0.05, 0) is 24.6 Å². The monoisotopic (exact) mass is 339 g/mol. The van der Waals surface area contributed by atoms with Gasteiger partial charge in [-0.1, -0.05) is 41.0 Å². The molecule has 0 spiro atoms. The fourth-order valence-electron chi connectivity index (χ4n) is 1.98. The van der Waals surface area contributed by atoms with Gasteiger partial charge in [0.2, 0.25) is 5.91 Å². The van der Waals surface area contributed by atoms with Crippen LogP contribution < -0.4 is 5.32 Å². The van der Waals surface area contributed by atoms with Crippen molar-refractivity contribution >= 4 is 20.0 Å². The average Bonchev–Trinajstić information content (AvgIpc) is 2.85. The molecule has 0 radical (unpaired) electrons. The fourth-order valence-corrected chi connectivity index (χ4v) is 3.01. The number of hydrogen-bond donors (Lipinski definition) is 1. The Labute approximate surface area is 141 Å². The maximum atomic E-state index is 12.0. The highest BCUT2D eigenvalue weighted by Gasteiger charge is 2.36. The van der Waals surface area contributed by atoms with E-state index in [0.717, 1.165) is 12.8 Å². The van der Waals surface area contributed by atoms with Gasteiger partial charge in [0.15, 0.2) is 14.1 Å². The zero-order valence-electron chi connectivity index (χ0n) is 15.8. The van der Waals surface area contributed by atoms with Crippen LogP contribution in [0.1, 0.15) is 47.5 Å². The summed E-state index contributed by atoms with van der Waals surface area (Å²) in [4.78, 5) is 12.0. The molecule has 5 nitrogen and oxygen atoms in total. The second-order valence-corrected chi connectivity index (χ2v) is 12.6. The third-order valence-electron chi connectivity index (χ3n) is 4.65. The normalized spacial score (nSPS) is 13.9. The first-order valence-electron chi connectivity index (χ1n) is 8.55. The van der Waals surface area contributed by atoms with Gasteiger partial charge in [0.05, 0.1) is 13.2 Å². The first kappa shape index (κ1) is 19.9. The van der Waals surface area contributed by atoms with Crippen molar-refractivity contribution in [1.82, 2.24) is 9.78 Å². The summed E-state index contributed by atoms with van der Waals surface area (Å²) >= 11 is 0. The number of aromatic nitrogens is 2. The van der Waals surface area contributed by atoms with Gasteiger partial charge in [-0.15, -0.1) is 0 Å². The molecule has 0 saturated carbocycles. The molecular formula is C17H33N3O2Si. The van der Waals surface area contributed by atoms with E-state index in [1.165, 1.54) is 0 Å². The lowest BCUT2D eigenvalue weighted by molar-refractivity contribution is -0.119. The first-order chi connectivity index (χ1) is 10.6. The van der Waals surface area contributed by atoms with Gasteiger partial charge >= 0.3 is 0 Å². The maximum absolute atomic E-state index is 12.0. The van der Waals surface area contributed by atoms with E-state index < -0.39 is 8.32 Å². The van der Waals surface area contributed by atoms with E-state index in [9.17, 15) is 4.79 Å². The van der Waals surface area contributed by atoms with Crippen molar-refractivity contribution in [2.75, 3.05) is 11.9 Å². The third kappa shape index (κ3) is 6.10. The second-order valence-electron chi connectivity index (χ2n) is 7.75. The van der Waals surface area contributed by atoms with Crippen LogP contribution in [0.4, 0.5) is 5.82 Å². The molecule has 1 atom stereocenters. The fraction of sp³-hybridized carbons (Fsp3) is 0.765. The molecule has 0 aliphatic rings. The summed E-state index contributed by atoms with van der Waals surface area (Å²) < 4.78 is 7.98. The molecule has 0 aliphatic carbocycles. The molecule has 1 unspecified atom stereocenters. The van der Waals surface area contributed by atoms with Crippen molar-refractivity contribution < 1.29 is 9.22 Å². The molecule has 1 N–H and O–H groups in total. The van der Waals surface area contributed by atoms with Crippen LogP contribution in [0.15, 0.2) is 12.3 Å². The highest BCUT2D eigenvalue weighted by molar-refractivity contribution is 6.74. The molecule has 1 aromatic rings. The Hall–Kier alpha value is -1.14. The molecular weight excluding hydrogens is 306 g/mol. The lowest BCUT2D eigenvalue weighted by Gasteiger charge is -2.36. The second kappa shape index (κ2) is 8.10. The molecule has 1 rings (SSSR count). The number of rotatable bonds is 8. The standard InChI is InChI=1S/C17H33N3O2Si/c1-8-9-14(2)16(21)18-15-10-11-20(19-15)12-13-22-23(6,7)17(3,4)5/h10-11,14H,8-9,12-13H2,1-7H3,(H,18,19,21). The van der Waals surface area contributed by atoms with Crippen LogP contribution in [0.2, 0.25) is 18.1 Å². The lowest BCUT2D eigenvalue weighted by Crippen LogP contribution is -2.41. The van der Waals surface area contributed by atoms with Gasteiger partial charge in [-0.25, -0.2) is 0 Å². The minimum absolute atomic E-state index is 0.0204. The summed E-state index contributed by atoms with van der Waals surface area (Å²) in [5.41, 5.74) is 0. The zero-order valence-corrected chi connectivity index (χ0v) is 16.8. The predicted octanol–water partition coefficient (Wildman–Crippen LogP) is 4.28. The van der Waals surface area contributed by atoms with Crippen molar-refractivity contribution in [1.29, 1.82) is 0 Å². The summed E-state index contributed by atoms with van der Waals surface area (Å²) in [6, 6.07) is 1.84. The summed E-state index contributed by atoms with van der Waals surface area (Å²) in [5.74, 6) is 0.673. The van der Waals surface area contributed by atoms with Crippen LogP contribution in [0.5, 0.6) is 0 Å². The molecule has 1 heterocycles. The Balaban J connectivity index is 2.47. The minimum atomic E-state index is -1.71. The molecule has 0 saturated heterocycles. The first-order valence-corrected chi connectivity index (χ1v) is 11.5. The molecule has 0 aromatic carbocycles. The van der Waals surface area contributed by atoms with E-state index in [0.29, 0.717) is 19.0 Å². The Morgan fingerprint density at radius 1 is 1.43 bits per heavy atom. The minimum Gasteiger partial charge on any atom is -0.415 e. The van der Waals surface area contributed by atoms with E-state index in [1.807, 2.05) is 23.9 Å². The van der Waals surface area contributed by atoms with Crippen molar-refractivity contribution in [2.24, 2.45) is 5.92 Å². The largest absolute Gasteiger partial charge is 0.415 e. The Bertz CT molecular complexity index is 506. The number of nitrogens with zero attached hydrogens (tertiary/aromatic N) is 2. The van der Waals surface area contributed by atoms with Crippen LogP contribution in [0.3, 0.4) is 0 Å². The lowest BCUT2D eigenvalue weighted by atomic mass is 10.1. The van der Waals surface area contributed by atoms with Crippen LogP contribution in [0.25, 0.3) is 0 Å². The Morgan fingerprint density at radius 3 is 2.65 bits per heavy atom. The van der Waals surface area contributed by atoms with Crippen molar-refractivity contribution in [3.8, 4) is 0 Å². The topological polar surface area (TPSA) is 56.2 Å². The van der Waals surface area contributed by atoms with Crippen molar-refractivity contribution in [2.45, 2.75) is 72.1 Å². The maximum Gasteiger partial charge on any atom is 0.228 e. The highest BCUT2D eigenvalue weighted by atomic mass is 28.4. The predicted molar refractivity (Wildman–Crippen MR) is 98.1 cm³/mol. The van der Waals surface area contributed by atoms with Gasteiger partial charge in [-0.2, -0.15) is 5.10 Å². The van der Waals surface area contributed by atoms with Gasteiger partial charge < -0.3 is 9.74 Å². The SMILES string of the molecule is CCCC(C)C(=O)Nc1ccn(CCO[Si](C)(C)C(C)(C)C)n1. The Morgan fingerprint density at radius 2 is 2.09 bits per heavy atom. The highest BCUT2D eigenvalue weighted by Crippen LogP contribution is 2.36. The quantitative estimate of drug-likeness (QED) is 0.719. The zero-order chi connectivity index (χ0) is 17.7. The summed E-state index contributed by atoms with van der Waals surface area (Å²) in [6.07, 6.45) is 3.79. The van der Waals surface area contributed by atoms with Crippen LogP contribution in [-0.4, -0.2) is 30.6 Å². The van der Waals surface area contributed by atoms with E-state index in [1.54, 1.807) is 0 Å². The van der Waals surface area contributed by atoms with Crippen molar-refractivity contribution in [3.05, 3.63) is 12.3 Å². The molecule has 23 heavy (non-hydrogen) atoms.